The molecular formula is C5H2BrClN2O4S. The van der Waals surface area contributed by atoms with E-state index in [0.29, 0.717) is 0 Å². The Kier molecular flexibility index (Phi) is 3.07. The molecule has 0 atom stereocenters. The van der Waals surface area contributed by atoms with E-state index in [9.17, 15) is 18.5 Å². The molecule has 1 aromatic heterocycles. The summed E-state index contributed by atoms with van der Waals surface area (Å²) in [4.78, 5) is 13.0. The van der Waals surface area contributed by atoms with Gasteiger partial charge in [-0.2, -0.15) is 0 Å². The van der Waals surface area contributed by atoms with Gasteiger partial charge in [0.05, 0.1) is 9.40 Å². The monoisotopic (exact) mass is 300 g/mol. The van der Waals surface area contributed by atoms with Crippen LogP contribution in [0.15, 0.2) is 21.8 Å². The zero-order valence-electron chi connectivity index (χ0n) is 6.35. The minimum absolute atomic E-state index is 0.0109. The lowest BCUT2D eigenvalue weighted by molar-refractivity contribution is -0.386. The van der Waals surface area contributed by atoms with Crippen molar-refractivity contribution in [1.82, 2.24) is 4.98 Å². The minimum atomic E-state index is -3.96. The van der Waals surface area contributed by atoms with E-state index in [0.717, 1.165) is 12.3 Å². The van der Waals surface area contributed by atoms with Gasteiger partial charge >= 0.3 is 5.69 Å². The lowest BCUT2D eigenvalue weighted by atomic mass is 10.4. The van der Waals surface area contributed by atoms with Gasteiger partial charge in [-0.3, -0.25) is 10.1 Å². The van der Waals surface area contributed by atoms with Crippen LogP contribution in [0.4, 0.5) is 5.69 Å². The molecule has 0 unspecified atom stereocenters. The topological polar surface area (TPSA) is 90.2 Å². The molecule has 0 radical (unpaired) electrons. The maximum Gasteiger partial charge on any atom is 0.301 e. The number of hydrogen-bond donors (Lipinski definition) is 0. The summed E-state index contributed by atoms with van der Waals surface area (Å²) in [5.41, 5.74) is -0.325. The first-order valence-electron chi connectivity index (χ1n) is 3.07. The number of hydrogen-bond acceptors (Lipinski definition) is 5. The molecule has 1 heterocycles. The predicted molar refractivity (Wildman–Crippen MR) is 51.6 cm³/mol. The van der Waals surface area contributed by atoms with E-state index in [-0.39, 0.29) is 10.2 Å². The normalized spacial score (nSPS) is 11.3. The molecule has 0 bridgehead atoms. The summed E-state index contributed by atoms with van der Waals surface area (Å²) in [6.45, 7) is 0. The van der Waals surface area contributed by atoms with Crippen molar-refractivity contribution in [3.05, 3.63) is 26.9 Å². The molecule has 0 saturated heterocycles. The maximum atomic E-state index is 10.8. The Morgan fingerprint density at radius 2 is 2.14 bits per heavy atom. The number of pyridine rings is 1. The molecule has 14 heavy (non-hydrogen) atoms. The Balaban J connectivity index is 3.34. The Morgan fingerprint density at radius 1 is 1.57 bits per heavy atom. The molecule has 76 valence electrons. The first-order chi connectivity index (χ1) is 6.32. The van der Waals surface area contributed by atoms with Gasteiger partial charge in [-0.1, -0.05) is 0 Å². The molecule has 1 aromatic rings. The van der Waals surface area contributed by atoms with E-state index in [1.54, 1.807) is 0 Å². The van der Waals surface area contributed by atoms with E-state index in [2.05, 4.69) is 20.9 Å². The first kappa shape index (κ1) is 11.3. The van der Waals surface area contributed by atoms with Crippen molar-refractivity contribution in [2.75, 3.05) is 0 Å². The second-order valence-corrected chi connectivity index (χ2v) is 5.54. The van der Waals surface area contributed by atoms with E-state index >= 15 is 0 Å². The third kappa shape index (κ3) is 2.40. The lowest BCUT2D eigenvalue weighted by Gasteiger charge is -1.97. The van der Waals surface area contributed by atoms with Crippen LogP contribution in [0.25, 0.3) is 0 Å². The molecule has 0 aromatic carbocycles. The van der Waals surface area contributed by atoms with Crippen LogP contribution in [0, 0.1) is 10.1 Å². The van der Waals surface area contributed by atoms with Crippen LogP contribution >= 0.6 is 26.6 Å². The van der Waals surface area contributed by atoms with Crippen LogP contribution in [0.1, 0.15) is 0 Å². The number of halogens is 2. The van der Waals surface area contributed by atoms with Gasteiger partial charge in [0, 0.05) is 10.7 Å². The second-order valence-electron chi connectivity index (χ2n) is 2.17. The third-order valence-corrected chi connectivity index (χ3v) is 3.09. The highest BCUT2D eigenvalue weighted by Crippen LogP contribution is 2.26. The molecule has 0 fully saturated rings. The van der Waals surface area contributed by atoms with Crippen molar-refractivity contribution in [3.8, 4) is 0 Å². The van der Waals surface area contributed by atoms with Crippen molar-refractivity contribution >= 4 is 41.4 Å². The van der Waals surface area contributed by atoms with Crippen LogP contribution in [0.2, 0.25) is 0 Å². The van der Waals surface area contributed by atoms with Gasteiger partial charge < -0.3 is 0 Å². The standard InChI is InChI=1S/C5H2BrClN2O4S/c6-3-1-5(14(7,12)13)8-2-4(3)9(10)11/h1-2H. The highest BCUT2D eigenvalue weighted by Gasteiger charge is 2.18. The fraction of sp³-hybridized carbons (Fsp3) is 0. The summed E-state index contributed by atoms with van der Waals surface area (Å²) in [7, 11) is 1.02. The average Bonchev–Trinajstić information content (AvgIpc) is 2.01. The molecule has 0 saturated carbocycles. The van der Waals surface area contributed by atoms with Crippen molar-refractivity contribution in [2.45, 2.75) is 5.03 Å². The van der Waals surface area contributed by atoms with Gasteiger partial charge in [0.15, 0.2) is 5.03 Å². The number of nitro groups is 1. The molecule has 0 spiro atoms. The zero-order valence-corrected chi connectivity index (χ0v) is 9.50. The van der Waals surface area contributed by atoms with Crippen LogP contribution in [0.3, 0.4) is 0 Å². The van der Waals surface area contributed by atoms with Gasteiger partial charge in [0.2, 0.25) is 0 Å². The summed E-state index contributed by atoms with van der Waals surface area (Å²) < 4.78 is 21.6. The van der Waals surface area contributed by atoms with Crippen molar-refractivity contribution in [3.63, 3.8) is 0 Å². The van der Waals surface area contributed by atoms with E-state index in [1.807, 2.05) is 0 Å². The maximum absolute atomic E-state index is 10.8. The van der Waals surface area contributed by atoms with Crippen LogP contribution < -0.4 is 0 Å². The fourth-order valence-corrected chi connectivity index (χ4v) is 1.98. The Bertz CT molecular complexity index is 489. The fourth-order valence-electron chi connectivity index (χ4n) is 0.674. The first-order valence-corrected chi connectivity index (χ1v) is 6.17. The highest BCUT2D eigenvalue weighted by molar-refractivity contribution is 9.10. The summed E-state index contributed by atoms with van der Waals surface area (Å²) in [6.07, 6.45) is 0.819. The van der Waals surface area contributed by atoms with Crippen LogP contribution in [-0.2, 0) is 9.05 Å². The van der Waals surface area contributed by atoms with Gasteiger partial charge in [-0.25, -0.2) is 13.4 Å². The molecule has 0 aliphatic rings. The van der Waals surface area contributed by atoms with Crippen LogP contribution in [-0.4, -0.2) is 18.3 Å². The molecule has 6 nitrogen and oxygen atoms in total. The summed E-state index contributed by atoms with van der Waals surface area (Å²) in [5.74, 6) is 0. The Labute approximate surface area is 91.6 Å². The third-order valence-electron chi connectivity index (χ3n) is 1.26. The summed E-state index contributed by atoms with van der Waals surface area (Å²) in [5, 5.41) is 9.90. The molecule has 0 aliphatic carbocycles. The minimum Gasteiger partial charge on any atom is -0.258 e. The molecule has 0 N–H and O–H groups in total. The van der Waals surface area contributed by atoms with E-state index in [1.165, 1.54) is 0 Å². The zero-order chi connectivity index (χ0) is 10.9. The molecule has 0 amide bonds. The second kappa shape index (κ2) is 3.79. The number of rotatable bonds is 2. The van der Waals surface area contributed by atoms with E-state index < -0.39 is 19.0 Å². The lowest BCUT2D eigenvalue weighted by Crippen LogP contribution is -1.97. The largest absolute Gasteiger partial charge is 0.301 e. The number of nitrogens with zero attached hydrogens (tertiary/aromatic N) is 2. The van der Waals surface area contributed by atoms with Gasteiger partial charge in [0.1, 0.15) is 6.20 Å². The van der Waals surface area contributed by atoms with Crippen molar-refractivity contribution in [1.29, 1.82) is 0 Å². The van der Waals surface area contributed by atoms with Crippen molar-refractivity contribution in [2.24, 2.45) is 0 Å². The Hall–Kier alpha value is -0.730. The van der Waals surface area contributed by atoms with E-state index in [4.69, 9.17) is 10.7 Å². The van der Waals surface area contributed by atoms with Crippen molar-refractivity contribution < 1.29 is 13.3 Å². The number of aromatic nitrogens is 1. The summed E-state index contributed by atoms with van der Waals surface area (Å²) >= 11 is 2.84. The SMILES string of the molecule is O=[N+]([O-])c1cnc(S(=O)(=O)Cl)cc1Br. The quantitative estimate of drug-likeness (QED) is 0.471. The molecule has 0 aliphatic heterocycles. The average molecular weight is 302 g/mol. The van der Waals surface area contributed by atoms with Gasteiger partial charge in [-0.15, -0.1) is 0 Å². The molecule has 1 rings (SSSR count). The van der Waals surface area contributed by atoms with Gasteiger partial charge in [-0.05, 0) is 22.0 Å². The predicted octanol–water partition coefficient (Wildman–Crippen LogP) is 1.68. The summed E-state index contributed by atoms with van der Waals surface area (Å²) in [6, 6.07) is 0.973. The Morgan fingerprint density at radius 3 is 2.50 bits per heavy atom. The highest BCUT2D eigenvalue weighted by atomic mass is 79.9. The molecular weight excluding hydrogens is 299 g/mol. The van der Waals surface area contributed by atoms with Gasteiger partial charge in [0.25, 0.3) is 9.05 Å². The molecule has 9 heteroatoms. The van der Waals surface area contributed by atoms with Crippen LogP contribution in [0.5, 0.6) is 0 Å². The smallest absolute Gasteiger partial charge is 0.258 e.